The van der Waals surface area contributed by atoms with Crippen molar-refractivity contribution in [2.24, 2.45) is 5.92 Å². The lowest BCUT2D eigenvalue weighted by Crippen LogP contribution is -2.35. The van der Waals surface area contributed by atoms with Crippen molar-refractivity contribution in [3.63, 3.8) is 0 Å². The largest absolute Gasteiger partial charge is 0.352 e. The molecule has 2 aliphatic rings. The Kier molecular flexibility index (Phi) is 7.73. The average Bonchev–Trinajstić information content (AvgIpc) is 3.26. The van der Waals surface area contributed by atoms with Gasteiger partial charge in [0.25, 0.3) is 0 Å². The van der Waals surface area contributed by atoms with Gasteiger partial charge in [-0.15, -0.1) is 0 Å². The fourth-order valence-corrected chi connectivity index (χ4v) is 5.22. The Balaban J connectivity index is 1.22. The normalized spacial score (nSPS) is 20.6. The highest BCUT2D eigenvalue weighted by Crippen LogP contribution is 2.34. The predicted molar refractivity (Wildman–Crippen MR) is 120 cm³/mol. The molecule has 5 nitrogen and oxygen atoms in total. The molecular formula is C25H35FN4O. The first-order valence-corrected chi connectivity index (χ1v) is 11.9. The maximum atomic E-state index is 13.7. The summed E-state index contributed by atoms with van der Waals surface area (Å²) >= 11 is 0. The number of likely N-dealkylation sites (tertiary alicyclic amines) is 1. The third kappa shape index (κ3) is 6.16. The van der Waals surface area contributed by atoms with E-state index in [4.69, 9.17) is 0 Å². The van der Waals surface area contributed by atoms with Crippen LogP contribution in [0.3, 0.4) is 0 Å². The second kappa shape index (κ2) is 10.9. The van der Waals surface area contributed by atoms with Crippen LogP contribution in [0, 0.1) is 11.7 Å². The van der Waals surface area contributed by atoms with Crippen LogP contribution < -0.4 is 5.32 Å². The molecule has 2 N–H and O–H groups in total. The van der Waals surface area contributed by atoms with Crippen LogP contribution in [0.1, 0.15) is 80.5 Å². The molecule has 1 aliphatic heterocycles. The SMILES string of the molecule is O=C(CC[C@@H]1CCCN(Cc2cn[nH]c2C2CCCCC2)C1)NCc1ccccc1F. The summed E-state index contributed by atoms with van der Waals surface area (Å²) in [7, 11) is 0. The number of aromatic nitrogens is 2. The third-order valence-electron chi connectivity index (χ3n) is 6.98. The van der Waals surface area contributed by atoms with Crippen LogP contribution in [0.15, 0.2) is 30.5 Å². The predicted octanol–water partition coefficient (Wildman–Crippen LogP) is 4.91. The molecular weight excluding hydrogens is 391 g/mol. The number of benzene rings is 1. The highest BCUT2D eigenvalue weighted by atomic mass is 19.1. The smallest absolute Gasteiger partial charge is 0.220 e. The molecule has 1 aromatic heterocycles. The number of nitrogens with zero attached hydrogens (tertiary/aromatic N) is 2. The minimum atomic E-state index is -0.266. The van der Waals surface area contributed by atoms with Crippen molar-refractivity contribution in [2.75, 3.05) is 13.1 Å². The van der Waals surface area contributed by atoms with Crippen LogP contribution in [0.4, 0.5) is 4.39 Å². The number of nitrogens with one attached hydrogen (secondary N) is 2. The van der Waals surface area contributed by atoms with E-state index in [9.17, 15) is 9.18 Å². The fraction of sp³-hybridized carbons (Fsp3) is 0.600. The molecule has 6 heteroatoms. The van der Waals surface area contributed by atoms with Gasteiger partial charge in [-0.25, -0.2) is 4.39 Å². The maximum Gasteiger partial charge on any atom is 0.220 e. The molecule has 0 bridgehead atoms. The number of hydrogen-bond donors (Lipinski definition) is 2. The summed E-state index contributed by atoms with van der Waals surface area (Å²) in [5.41, 5.74) is 3.25. The van der Waals surface area contributed by atoms with E-state index in [1.54, 1.807) is 18.2 Å². The summed E-state index contributed by atoms with van der Waals surface area (Å²) in [6.45, 7) is 3.37. The Hall–Kier alpha value is -2.21. The number of H-pyrrole nitrogens is 1. The molecule has 31 heavy (non-hydrogen) atoms. The van der Waals surface area contributed by atoms with E-state index >= 15 is 0 Å². The highest BCUT2D eigenvalue weighted by Gasteiger charge is 2.24. The van der Waals surface area contributed by atoms with E-state index in [-0.39, 0.29) is 18.3 Å². The van der Waals surface area contributed by atoms with Crippen LogP contribution in [0.25, 0.3) is 0 Å². The number of amides is 1. The lowest BCUT2D eigenvalue weighted by atomic mass is 9.85. The van der Waals surface area contributed by atoms with Crippen LogP contribution >= 0.6 is 0 Å². The Labute approximate surface area is 184 Å². The zero-order chi connectivity index (χ0) is 21.5. The summed E-state index contributed by atoms with van der Waals surface area (Å²) < 4.78 is 13.7. The van der Waals surface area contributed by atoms with Gasteiger partial charge in [0.15, 0.2) is 0 Å². The van der Waals surface area contributed by atoms with Crippen molar-refractivity contribution < 1.29 is 9.18 Å². The Morgan fingerprint density at radius 1 is 1.13 bits per heavy atom. The van der Waals surface area contributed by atoms with Gasteiger partial charge in [0.1, 0.15) is 5.82 Å². The van der Waals surface area contributed by atoms with Gasteiger partial charge in [-0.05, 0) is 50.6 Å². The Morgan fingerprint density at radius 3 is 2.81 bits per heavy atom. The molecule has 1 atom stereocenters. The van der Waals surface area contributed by atoms with Crippen molar-refractivity contribution in [3.05, 3.63) is 53.1 Å². The number of piperidine rings is 1. The van der Waals surface area contributed by atoms with Crippen LogP contribution in [-0.2, 0) is 17.9 Å². The van der Waals surface area contributed by atoms with E-state index < -0.39 is 0 Å². The summed E-state index contributed by atoms with van der Waals surface area (Å²) in [6.07, 6.45) is 12.3. The maximum absolute atomic E-state index is 13.7. The second-order valence-electron chi connectivity index (χ2n) is 9.29. The van der Waals surface area contributed by atoms with Gasteiger partial charge < -0.3 is 5.32 Å². The van der Waals surface area contributed by atoms with E-state index in [0.717, 1.165) is 26.1 Å². The molecule has 2 heterocycles. The zero-order valence-electron chi connectivity index (χ0n) is 18.4. The Morgan fingerprint density at radius 2 is 1.97 bits per heavy atom. The molecule has 4 rings (SSSR count). The van der Waals surface area contributed by atoms with Gasteiger partial charge in [0, 0.05) is 48.8 Å². The van der Waals surface area contributed by atoms with Crippen LogP contribution in [-0.4, -0.2) is 34.1 Å². The van der Waals surface area contributed by atoms with Crippen molar-refractivity contribution >= 4 is 5.91 Å². The number of rotatable bonds is 8. The van der Waals surface area contributed by atoms with Gasteiger partial charge in [-0.2, -0.15) is 5.10 Å². The second-order valence-corrected chi connectivity index (χ2v) is 9.29. The summed E-state index contributed by atoms with van der Waals surface area (Å²) in [5.74, 6) is 0.926. The lowest BCUT2D eigenvalue weighted by Gasteiger charge is -2.33. The number of halogens is 1. The quantitative estimate of drug-likeness (QED) is 0.631. The molecule has 1 saturated heterocycles. The Bertz CT molecular complexity index is 846. The van der Waals surface area contributed by atoms with Crippen molar-refractivity contribution in [3.8, 4) is 0 Å². The highest BCUT2D eigenvalue weighted by molar-refractivity contribution is 5.75. The zero-order valence-corrected chi connectivity index (χ0v) is 18.4. The van der Waals surface area contributed by atoms with Gasteiger partial charge in [-0.3, -0.25) is 14.8 Å². The molecule has 0 spiro atoms. The number of hydrogen-bond acceptors (Lipinski definition) is 3. The third-order valence-corrected chi connectivity index (χ3v) is 6.98. The molecule has 1 amide bonds. The van der Waals surface area contributed by atoms with Crippen LogP contribution in [0.2, 0.25) is 0 Å². The molecule has 2 fully saturated rings. The standard InChI is InChI=1S/C25H35FN4O/c26-23-11-5-4-10-21(23)15-27-24(31)13-12-19-7-6-14-30(17-19)18-22-16-28-29-25(22)20-8-2-1-3-9-20/h4-5,10-11,16,19-20H,1-3,6-9,12-15,17-18H2,(H,27,31)(H,28,29)/t19-/m0/s1. The van der Waals surface area contributed by atoms with Gasteiger partial charge in [0.05, 0.1) is 6.20 Å². The van der Waals surface area contributed by atoms with E-state index in [0.29, 0.717) is 23.8 Å². The van der Waals surface area contributed by atoms with Gasteiger partial charge in [0.2, 0.25) is 5.91 Å². The molecule has 1 aromatic carbocycles. The molecule has 1 saturated carbocycles. The van der Waals surface area contributed by atoms with Crippen molar-refractivity contribution in [2.45, 2.75) is 76.8 Å². The monoisotopic (exact) mass is 426 g/mol. The van der Waals surface area contributed by atoms with Crippen molar-refractivity contribution in [1.29, 1.82) is 0 Å². The minimum absolute atomic E-state index is 0.00907. The van der Waals surface area contributed by atoms with Gasteiger partial charge >= 0.3 is 0 Å². The summed E-state index contributed by atoms with van der Waals surface area (Å²) in [6, 6.07) is 6.60. The summed E-state index contributed by atoms with van der Waals surface area (Å²) in [5, 5.41) is 10.5. The number of carbonyl (C=O) groups excluding carboxylic acids is 1. The number of carbonyl (C=O) groups is 1. The van der Waals surface area contributed by atoms with E-state index in [1.807, 2.05) is 6.20 Å². The fourth-order valence-electron chi connectivity index (χ4n) is 5.22. The number of aromatic amines is 1. The van der Waals surface area contributed by atoms with Crippen molar-refractivity contribution in [1.82, 2.24) is 20.4 Å². The van der Waals surface area contributed by atoms with Gasteiger partial charge in [-0.1, -0.05) is 37.5 Å². The molecule has 168 valence electrons. The topological polar surface area (TPSA) is 61.0 Å². The molecule has 0 radical (unpaired) electrons. The summed E-state index contributed by atoms with van der Waals surface area (Å²) in [4.78, 5) is 14.8. The minimum Gasteiger partial charge on any atom is -0.352 e. The van der Waals surface area contributed by atoms with E-state index in [1.165, 1.54) is 62.3 Å². The molecule has 1 aliphatic carbocycles. The first-order valence-electron chi connectivity index (χ1n) is 11.9. The van der Waals surface area contributed by atoms with E-state index in [2.05, 4.69) is 20.4 Å². The first kappa shape index (κ1) is 22.0. The molecule has 2 aromatic rings. The molecule has 0 unspecified atom stereocenters. The first-order chi connectivity index (χ1) is 15.2. The lowest BCUT2D eigenvalue weighted by molar-refractivity contribution is -0.121. The van der Waals surface area contributed by atoms with Crippen LogP contribution in [0.5, 0.6) is 0 Å². The average molecular weight is 427 g/mol.